The number of amides is 17. The van der Waals surface area contributed by atoms with Gasteiger partial charge in [0.2, 0.25) is 100 Å². The molecule has 17 amide bonds. The first-order chi connectivity index (χ1) is 64.6. The van der Waals surface area contributed by atoms with Crippen molar-refractivity contribution >= 4 is 140 Å². The number of aromatic hydroxyl groups is 1. The molecular weight excluding hydrogens is 1780 g/mol. The second-order valence-corrected chi connectivity index (χ2v) is 35.9. The van der Waals surface area contributed by atoms with Crippen LogP contribution in [0.4, 0.5) is 0 Å². The molecule has 44 nitrogen and oxygen atoms in total. The van der Waals surface area contributed by atoms with Crippen LogP contribution in [0.2, 0.25) is 0 Å². The number of carbonyl (C=O) groups is 17. The van der Waals surface area contributed by atoms with Gasteiger partial charge in [0.15, 0.2) is 5.96 Å². The van der Waals surface area contributed by atoms with Gasteiger partial charge in [0.25, 0.3) is 0 Å². The number of hydrogen-bond acceptors (Lipinski definition) is 23. The van der Waals surface area contributed by atoms with Crippen LogP contribution < -0.4 is 86.3 Å². The highest BCUT2D eigenvalue weighted by Crippen LogP contribution is 2.44. The van der Waals surface area contributed by atoms with Gasteiger partial charge in [-0.2, -0.15) is 0 Å². The molecule has 2 fully saturated rings. The molecule has 136 heavy (non-hydrogen) atoms. The van der Waals surface area contributed by atoms with Crippen molar-refractivity contribution in [3.8, 4) is 5.75 Å². The van der Waals surface area contributed by atoms with E-state index in [1.165, 1.54) is 64.9 Å². The van der Waals surface area contributed by atoms with Gasteiger partial charge in [0.05, 0.1) is 37.8 Å². The number of hydrogen-bond donors (Lipinski definition) is 23. The smallest absolute Gasteiger partial charge is 0.246 e. The number of rotatable bonds is 26. The molecule has 6 aromatic rings. The molecule has 740 valence electrons. The number of aliphatic hydroxyl groups excluding tert-OH is 2. The topological polar surface area (TPSA) is 679 Å². The highest BCUT2D eigenvalue weighted by atomic mass is 32.2. The van der Waals surface area contributed by atoms with Gasteiger partial charge in [-0.3, -0.25) is 86.9 Å². The Balaban J connectivity index is 1.16. The number of unbranched alkanes of at least 4 members (excludes halogenated alkanes) is 2. The van der Waals surface area contributed by atoms with Crippen LogP contribution in [0.3, 0.4) is 0 Å². The van der Waals surface area contributed by atoms with Crippen molar-refractivity contribution in [2.24, 2.45) is 29.0 Å². The normalized spacial score (nSPS) is 24.8. The van der Waals surface area contributed by atoms with E-state index in [2.05, 4.69) is 89.1 Å². The SMILES string of the molecule is CCCC[C@H]1C(=O)N(C)[C@@H](CCCC)C(=O)N[C@@H](CCCNC(=N)N)C(=O)NC(C(=O)NCC(N)=O)CSCC(=O)N[C@@H](Cc2ccc(O)cc2)C(=O)N(C)[C@@H](C)C(=O)N[C@@H](CC(N)=O)C(=O)NC[C@H](O)CCC(=O)N[C@@H](Cc2cnc[nH]2)C(=O)N[C@@H](CC(C)C)C(=O)NC2(C[C@@H]2C)C(=O)N[C@@H](Cc2c[nH]c3ccccc23)C(=O)N[C@@H](CO)C(=O)N[C@@H](Cc2c[nH]c3ccccc23)C(=O)N1C. The number of thioether (sulfide) groups is 1. The van der Waals surface area contributed by atoms with Crippen LogP contribution >= 0.6 is 11.8 Å². The van der Waals surface area contributed by atoms with E-state index in [-0.39, 0.29) is 88.8 Å². The van der Waals surface area contributed by atoms with Gasteiger partial charge in [0.1, 0.15) is 83.8 Å². The van der Waals surface area contributed by atoms with Gasteiger partial charge in [-0.15, -0.1) is 11.8 Å². The summed E-state index contributed by atoms with van der Waals surface area (Å²) in [6, 6.07) is 1.21. The minimum atomic E-state index is -1.86. The summed E-state index contributed by atoms with van der Waals surface area (Å²) in [6.07, 6.45) is 3.27. The van der Waals surface area contributed by atoms with E-state index in [1.54, 1.807) is 81.7 Å². The van der Waals surface area contributed by atoms with Gasteiger partial charge in [0, 0.05) is 118 Å². The first kappa shape index (κ1) is 108. The Labute approximate surface area is 790 Å². The number of nitrogens with one attached hydrogen (secondary N) is 17. The molecule has 1 saturated carbocycles. The first-order valence-corrected chi connectivity index (χ1v) is 46.6. The molecule has 1 aliphatic heterocycles. The summed E-state index contributed by atoms with van der Waals surface area (Å²) in [5.74, 6) is -18.2. The number of β-amino-alcohol motifs (C(OH)–C–C–N with tert-alkyl or cyclic N) is 1. The fourth-order valence-electron chi connectivity index (χ4n) is 15.8. The van der Waals surface area contributed by atoms with Crippen LogP contribution in [0.1, 0.15) is 147 Å². The lowest BCUT2D eigenvalue weighted by atomic mass is 10.00. The maximum absolute atomic E-state index is 15.8. The molecule has 1 aliphatic carbocycles. The number of phenols is 1. The van der Waals surface area contributed by atoms with Gasteiger partial charge < -0.3 is 131 Å². The standard InChI is InChI=1S/C91H130N24O20S/c1-10-12-24-71-85(131)105-62(23-18-32-97-90(94)95)80(126)110-70(79(125)101-44-74(93)120)46-136-47-76(122)104-67(34-52-26-28-56(117)29-27-52)86(132)113(7)51(6)77(123)106-66(38-73(92)119)78(124)100-43-57(118)30-31-75(121)103-65(37-55-42-96-48-102-55)82(128)107-63(33-49(3)4)84(130)112-91(39-50(91)5)89(135)111-64(35-53-40-98-60-21-16-14-19-58(53)60)81(127)109-69(45-116)83(129)108-68(36-54-41-99-61-22-17-15-20-59(54)61)87(133)115(9)72(25-13-11-2)88(134)114(71)8/h14-17,19-22,26-29,40-42,48-51,57,62-72,98-99,116-118H,10-13,18,23-25,30-39,43-47H2,1-9H3,(H2,92,119)(H2,93,120)(H,96,102)(H,100,124)(H,101,125)(H,103,121)(H,104,122)(H,105,131)(H,106,123)(H,107,128)(H,108,129)(H,109,127)(H,110,126)(H,111,135)(H,112,130)(H4,94,95,97)/t50-,51-,57+,62-,63-,64-,65-,66-,67-,68-,69-,70?,71-,72-,91?/m0/s1. The molecule has 26 N–H and O–H groups in total. The zero-order chi connectivity index (χ0) is 99.8. The number of phenolic OH excluding ortho intramolecular Hbond substituents is 1. The van der Waals surface area contributed by atoms with Crippen LogP contribution in [0.15, 0.2) is 97.7 Å². The molecule has 15 atom stereocenters. The molecule has 4 heterocycles. The molecule has 2 unspecified atom stereocenters. The average Bonchev–Trinajstić information content (AvgIpc) is 1.58. The van der Waals surface area contributed by atoms with Crippen LogP contribution in [0, 0.1) is 17.2 Å². The zero-order valence-electron chi connectivity index (χ0n) is 77.9. The van der Waals surface area contributed by atoms with E-state index >= 15 is 28.8 Å². The van der Waals surface area contributed by atoms with E-state index in [9.17, 15) is 68.1 Å². The molecule has 3 aromatic heterocycles. The van der Waals surface area contributed by atoms with Gasteiger partial charge in [-0.1, -0.05) is 109 Å². The van der Waals surface area contributed by atoms with Crippen LogP contribution in [-0.4, -0.2) is 299 Å². The van der Waals surface area contributed by atoms with Crippen LogP contribution in [-0.2, 0) is 107 Å². The third-order valence-electron chi connectivity index (χ3n) is 23.9. The molecule has 45 heteroatoms. The zero-order valence-corrected chi connectivity index (χ0v) is 78.7. The van der Waals surface area contributed by atoms with E-state index in [0.717, 1.165) is 26.5 Å². The number of carbonyl (C=O) groups excluding carboxylic acids is 17. The van der Waals surface area contributed by atoms with Crippen LogP contribution in [0.25, 0.3) is 21.8 Å². The summed E-state index contributed by atoms with van der Waals surface area (Å²) in [6.45, 7) is 7.76. The summed E-state index contributed by atoms with van der Waals surface area (Å²) in [5.41, 5.74) is 18.0. The summed E-state index contributed by atoms with van der Waals surface area (Å²) < 4.78 is 0. The van der Waals surface area contributed by atoms with Gasteiger partial charge in [-0.25, -0.2) is 4.98 Å². The molecule has 0 radical (unpaired) electrons. The highest BCUT2D eigenvalue weighted by molar-refractivity contribution is 8.00. The monoisotopic (exact) mass is 1910 g/mol. The Hall–Kier alpha value is -13.7. The highest BCUT2D eigenvalue weighted by Gasteiger charge is 2.60. The fourth-order valence-corrected chi connectivity index (χ4v) is 16.7. The van der Waals surface area contributed by atoms with Crippen molar-refractivity contribution in [2.75, 3.05) is 58.9 Å². The lowest BCUT2D eigenvalue weighted by Gasteiger charge is -2.36. The van der Waals surface area contributed by atoms with Crippen LogP contribution in [0.5, 0.6) is 5.75 Å². The number of nitrogens with two attached hydrogens (primary N) is 3. The third kappa shape index (κ3) is 31.4. The lowest BCUT2D eigenvalue weighted by Crippen LogP contribution is -2.62. The second-order valence-electron chi connectivity index (χ2n) is 34.9. The summed E-state index contributed by atoms with van der Waals surface area (Å²) >= 11 is 0.757. The van der Waals surface area contributed by atoms with Crippen molar-refractivity contribution in [1.82, 2.24) is 104 Å². The molecular formula is C91H130N24O20S. The van der Waals surface area contributed by atoms with Crippen molar-refractivity contribution < 1.29 is 96.8 Å². The lowest BCUT2D eigenvalue weighted by molar-refractivity contribution is -0.149. The van der Waals surface area contributed by atoms with E-state index < -0.39 is 240 Å². The summed E-state index contributed by atoms with van der Waals surface area (Å²) in [4.78, 5) is 263. The number of aromatic nitrogens is 4. The van der Waals surface area contributed by atoms with Gasteiger partial charge in [-0.05, 0) is 105 Å². The molecule has 8 rings (SSSR count). The Morgan fingerprint density at radius 1 is 0.574 bits per heavy atom. The minimum Gasteiger partial charge on any atom is -0.508 e. The van der Waals surface area contributed by atoms with Crippen molar-refractivity contribution in [3.63, 3.8) is 0 Å². The van der Waals surface area contributed by atoms with Gasteiger partial charge >= 0.3 is 0 Å². The molecule has 0 bridgehead atoms. The molecule has 3 aromatic carbocycles. The quantitative estimate of drug-likeness (QED) is 0.0149. The molecule has 1 saturated heterocycles. The van der Waals surface area contributed by atoms with E-state index in [1.807, 2.05) is 13.8 Å². The number of nitrogens with zero attached hydrogens (tertiary/aromatic N) is 4. The Morgan fingerprint density at radius 3 is 1.70 bits per heavy atom. The number of para-hydroxylation sites is 2. The van der Waals surface area contributed by atoms with Crippen molar-refractivity contribution in [2.45, 2.75) is 235 Å². The maximum Gasteiger partial charge on any atom is 0.246 e. The number of H-pyrrole nitrogens is 3. The van der Waals surface area contributed by atoms with Crippen molar-refractivity contribution in [1.29, 1.82) is 5.41 Å². The number of guanidine groups is 1. The minimum absolute atomic E-state index is 0.00868. The predicted molar refractivity (Wildman–Crippen MR) is 502 cm³/mol. The average molecular weight is 1910 g/mol. The van der Waals surface area contributed by atoms with E-state index in [4.69, 9.17) is 22.6 Å². The molecule has 1 spiro atoms. The summed E-state index contributed by atoms with van der Waals surface area (Å²) in [5, 5.41) is 75.9. The third-order valence-corrected chi connectivity index (χ3v) is 25.0. The number of benzene rings is 3. The predicted octanol–water partition coefficient (Wildman–Crippen LogP) is -2.73. The Morgan fingerprint density at radius 2 is 1.12 bits per heavy atom. The first-order valence-electron chi connectivity index (χ1n) is 45.4. The number of primary amides is 2. The Kier molecular flexibility index (Phi) is 40.9. The maximum atomic E-state index is 15.8. The number of imidazole rings is 1. The largest absolute Gasteiger partial charge is 0.508 e. The van der Waals surface area contributed by atoms with Crippen molar-refractivity contribution in [3.05, 3.63) is 120 Å². The molecule has 2 aliphatic rings. The second kappa shape index (κ2) is 51.7. The number of aliphatic hydroxyl groups is 2. The Bertz CT molecular complexity index is 5210. The van der Waals surface area contributed by atoms with E-state index in [0.29, 0.717) is 69.9 Å². The number of fused-ring (bicyclic) bond motifs is 2. The number of likely N-dealkylation sites (N-methyl/N-ethyl adjacent to an activating group) is 3. The fraction of sp³-hybridized carbons (Fsp3) is 0.527. The number of aromatic amines is 3. The summed E-state index contributed by atoms with van der Waals surface area (Å²) in [7, 11) is 3.90.